The van der Waals surface area contributed by atoms with Gasteiger partial charge in [0, 0.05) is 0 Å². The van der Waals surface area contributed by atoms with Gasteiger partial charge in [0.25, 0.3) is 0 Å². The normalized spacial score (nSPS) is 34.4. The fourth-order valence-electron chi connectivity index (χ4n) is 5.13. The van der Waals surface area contributed by atoms with E-state index in [4.69, 9.17) is 0 Å². The van der Waals surface area contributed by atoms with Gasteiger partial charge in [-0.1, -0.05) is 85.0 Å². The van der Waals surface area contributed by atoms with Crippen LogP contribution in [0.15, 0.2) is 0 Å². The van der Waals surface area contributed by atoms with Crippen LogP contribution in [0.5, 0.6) is 0 Å². The minimum atomic E-state index is 0.788. The number of hydrogen-bond donors (Lipinski definition) is 0. The van der Waals surface area contributed by atoms with Crippen molar-refractivity contribution in [3.05, 3.63) is 0 Å². The van der Waals surface area contributed by atoms with E-state index in [-0.39, 0.29) is 0 Å². The molecular formula is C20H38. The van der Waals surface area contributed by atoms with E-state index in [2.05, 4.69) is 20.8 Å². The molecule has 3 aliphatic rings. The van der Waals surface area contributed by atoms with Gasteiger partial charge in [-0.15, -0.1) is 0 Å². The molecule has 3 saturated carbocycles. The second kappa shape index (κ2) is 7.85. The maximum atomic E-state index is 2.52. The Morgan fingerprint density at radius 3 is 1.70 bits per heavy atom. The summed E-state index contributed by atoms with van der Waals surface area (Å²) in [7, 11) is 0. The first-order valence-corrected chi connectivity index (χ1v) is 9.64. The lowest BCUT2D eigenvalue weighted by Crippen LogP contribution is -2.38. The Balaban J connectivity index is 0.000000178. The topological polar surface area (TPSA) is 0 Å². The standard InChI is InChI=1S/C13H24.C7H14/c1-11-7-6-10-13(12(11)2)8-4-3-5-9-13;1-7-5-3-2-4-6-7/h11-12H,3-10H2,1-2H3;7H,2-6H2,1H3. The molecule has 0 amide bonds. The van der Waals surface area contributed by atoms with Crippen molar-refractivity contribution in [2.45, 2.75) is 104 Å². The first-order chi connectivity index (χ1) is 9.64. The molecule has 2 unspecified atom stereocenters. The molecule has 0 aliphatic heterocycles. The molecule has 0 aromatic rings. The van der Waals surface area contributed by atoms with E-state index >= 15 is 0 Å². The molecule has 0 heterocycles. The Labute approximate surface area is 128 Å². The third kappa shape index (κ3) is 4.25. The van der Waals surface area contributed by atoms with Crippen LogP contribution in [0.25, 0.3) is 0 Å². The van der Waals surface area contributed by atoms with Crippen LogP contribution in [0, 0.1) is 23.2 Å². The average molecular weight is 279 g/mol. The first kappa shape index (κ1) is 16.4. The quantitative estimate of drug-likeness (QED) is 0.448. The van der Waals surface area contributed by atoms with Crippen LogP contribution in [0.2, 0.25) is 0 Å². The lowest BCUT2D eigenvalue weighted by atomic mass is 9.57. The first-order valence-electron chi connectivity index (χ1n) is 9.64. The van der Waals surface area contributed by atoms with Crippen LogP contribution < -0.4 is 0 Å². The highest BCUT2D eigenvalue weighted by molar-refractivity contribution is 4.92. The molecule has 20 heavy (non-hydrogen) atoms. The van der Waals surface area contributed by atoms with Gasteiger partial charge in [0.1, 0.15) is 0 Å². The number of rotatable bonds is 0. The molecular weight excluding hydrogens is 240 g/mol. The Bertz CT molecular complexity index is 250. The fraction of sp³-hybridized carbons (Fsp3) is 1.00. The van der Waals surface area contributed by atoms with Gasteiger partial charge in [0.05, 0.1) is 0 Å². The maximum absolute atomic E-state index is 2.52. The van der Waals surface area contributed by atoms with Gasteiger partial charge >= 0.3 is 0 Å². The monoisotopic (exact) mass is 278 g/mol. The minimum Gasteiger partial charge on any atom is -0.0625 e. The van der Waals surface area contributed by atoms with E-state index in [1.807, 2.05) is 0 Å². The summed E-state index contributed by atoms with van der Waals surface area (Å²) in [5.74, 6) is 3.03. The van der Waals surface area contributed by atoms with Crippen molar-refractivity contribution in [2.75, 3.05) is 0 Å². The molecule has 2 atom stereocenters. The molecule has 118 valence electrons. The second-order valence-corrected chi connectivity index (χ2v) is 8.32. The molecule has 0 aromatic heterocycles. The van der Waals surface area contributed by atoms with E-state index in [1.54, 1.807) is 19.3 Å². The van der Waals surface area contributed by atoms with Crippen molar-refractivity contribution in [3.8, 4) is 0 Å². The van der Waals surface area contributed by atoms with Crippen molar-refractivity contribution >= 4 is 0 Å². The SMILES string of the molecule is CC1CCCC2(CCCCC2)C1C.CC1CCCCC1. The summed E-state index contributed by atoms with van der Waals surface area (Å²) in [6.07, 6.45) is 19.6. The van der Waals surface area contributed by atoms with Gasteiger partial charge in [-0.25, -0.2) is 0 Å². The van der Waals surface area contributed by atoms with Crippen LogP contribution in [0.4, 0.5) is 0 Å². The molecule has 0 saturated heterocycles. The van der Waals surface area contributed by atoms with Crippen molar-refractivity contribution in [3.63, 3.8) is 0 Å². The predicted octanol–water partition coefficient (Wildman–Crippen LogP) is 6.98. The van der Waals surface area contributed by atoms with Gasteiger partial charge in [-0.2, -0.15) is 0 Å². The van der Waals surface area contributed by atoms with Crippen LogP contribution in [-0.2, 0) is 0 Å². The molecule has 3 rings (SSSR count). The van der Waals surface area contributed by atoms with E-state index < -0.39 is 0 Å². The highest BCUT2D eigenvalue weighted by Crippen LogP contribution is 2.52. The van der Waals surface area contributed by atoms with Gasteiger partial charge < -0.3 is 0 Å². The Kier molecular flexibility index (Phi) is 6.43. The zero-order valence-corrected chi connectivity index (χ0v) is 14.4. The molecule has 0 N–H and O–H groups in total. The average Bonchev–Trinajstić information content (AvgIpc) is 2.47. The summed E-state index contributed by atoms with van der Waals surface area (Å²) in [5, 5.41) is 0. The number of hydrogen-bond acceptors (Lipinski definition) is 0. The highest BCUT2D eigenvalue weighted by Gasteiger charge is 2.41. The second-order valence-electron chi connectivity index (χ2n) is 8.32. The summed E-state index contributed by atoms with van der Waals surface area (Å²) in [5.41, 5.74) is 0.788. The van der Waals surface area contributed by atoms with E-state index in [0.717, 1.165) is 23.2 Å². The third-order valence-electron chi connectivity index (χ3n) is 6.90. The maximum Gasteiger partial charge on any atom is -0.0269 e. The Morgan fingerprint density at radius 2 is 1.15 bits per heavy atom. The molecule has 0 heteroatoms. The molecule has 0 aromatic carbocycles. The summed E-state index contributed by atoms with van der Waals surface area (Å²) in [4.78, 5) is 0. The van der Waals surface area contributed by atoms with Gasteiger partial charge in [-0.3, -0.25) is 0 Å². The zero-order chi connectivity index (χ0) is 14.4. The molecule has 1 spiro atoms. The van der Waals surface area contributed by atoms with Crippen LogP contribution >= 0.6 is 0 Å². The third-order valence-corrected chi connectivity index (χ3v) is 6.90. The molecule has 3 aliphatic carbocycles. The lowest BCUT2D eigenvalue weighted by Gasteiger charge is -2.48. The van der Waals surface area contributed by atoms with Crippen LogP contribution in [-0.4, -0.2) is 0 Å². The van der Waals surface area contributed by atoms with Crippen LogP contribution in [0.3, 0.4) is 0 Å². The lowest BCUT2D eigenvalue weighted by molar-refractivity contribution is 0.0237. The van der Waals surface area contributed by atoms with E-state index in [0.29, 0.717) is 0 Å². The van der Waals surface area contributed by atoms with Crippen LogP contribution in [0.1, 0.15) is 104 Å². The van der Waals surface area contributed by atoms with Gasteiger partial charge in [-0.05, 0) is 42.4 Å². The summed E-state index contributed by atoms with van der Waals surface area (Å²) < 4.78 is 0. The van der Waals surface area contributed by atoms with Crippen molar-refractivity contribution in [2.24, 2.45) is 23.2 Å². The van der Waals surface area contributed by atoms with Crippen molar-refractivity contribution in [1.29, 1.82) is 0 Å². The Hall–Kier alpha value is 0. The molecule has 3 fully saturated rings. The molecule has 0 bridgehead atoms. The largest absolute Gasteiger partial charge is 0.0625 e. The summed E-state index contributed by atoms with van der Waals surface area (Å²) in [6.45, 7) is 7.36. The Morgan fingerprint density at radius 1 is 0.600 bits per heavy atom. The van der Waals surface area contributed by atoms with Gasteiger partial charge in [0.2, 0.25) is 0 Å². The molecule has 0 radical (unpaired) electrons. The fourth-order valence-corrected chi connectivity index (χ4v) is 5.13. The van der Waals surface area contributed by atoms with E-state index in [1.165, 1.54) is 64.2 Å². The van der Waals surface area contributed by atoms with Crippen molar-refractivity contribution in [1.82, 2.24) is 0 Å². The summed E-state index contributed by atoms with van der Waals surface area (Å²) in [6, 6.07) is 0. The van der Waals surface area contributed by atoms with Gasteiger partial charge in [0.15, 0.2) is 0 Å². The van der Waals surface area contributed by atoms with Crippen molar-refractivity contribution < 1.29 is 0 Å². The summed E-state index contributed by atoms with van der Waals surface area (Å²) >= 11 is 0. The van der Waals surface area contributed by atoms with E-state index in [9.17, 15) is 0 Å². The predicted molar refractivity (Wildman–Crippen MR) is 89.9 cm³/mol. The smallest absolute Gasteiger partial charge is 0.0269 e. The minimum absolute atomic E-state index is 0.788. The zero-order valence-electron chi connectivity index (χ0n) is 14.4. The highest BCUT2D eigenvalue weighted by atomic mass is 14.5. The molecule has 0 nitrogen and oxygen atoms in total.